The molecule has 23 heavy (non-hydrogen) atoms. The molecule has 126 valence electrons. The van der Waals surface area contributed by atoms with Gasteiger partial charge in [-0.15, -0.1) is 0 Å². The standard InChI is InChI=1S/C17H24N2O4/c1-12-3-4-14(17(21)22)7-15(12)8-18-16(20)10-19(2)9-13-5-6-23-11-13/h3-4,7,13H,5-6,8-11H2,1-2H3,(H,18,20)(H,21,22)/t13-/m1/s1. The molecule has 1 aromatic rings. The van der Waals surface area contributed by atoms with E-state index < -0.39 is 5.97 Å². The third-order valence-corrected chi connectivity index (χ3v) is 4.08. The van der Waals surface area contributed by atoms with E-state index in [1.54, 1.807) is 18.2 Å². The molecule has 1 aliphatic heterocycles. The maximum absolute atomic E-state index is 12.0. The summed E-state index contributed by atoms with van der Waals surface area (Å²) in [5.74, 6) is -0.523. The van der Waals surface area contributed by atoms with Crippen molar-refractivity contribution >= 4 is 11.9 Å². The first-order chi connectivity index (χ1) is 11.0. The lowest BCUT2D eigenvalue weighted by molar-refractivity contribution is -0.122. The van der Waals surface area contributed by atoms with E-state index in [0.29, 0.717) is 19.0 Å². The van der Waals surface area contributed by atoms with E-state index in [1.165, 1.54) is 0 Å². The molecule has 1 amide bonds. The number of hydrogen-bond donors (Lipinski definition) is 2. The van der Waals surface area contributed by atoms with Crippen LogP contribution in [0, 0.1) is 12.8 Å². The Morgan fingerprint density at radius 2 is 2.22 bits per heavy atom. The number of nitrogens with zero attached hydrogens (tertiary/aromatic N) is 1. The Kier molecular flexibility index (Phi) is 6.12. The molecular formula is C17H24N2O4. The number of hydrogen-bond acceptors (Lipinski definition) is 4. The Morgan fingerprint density at radius 3 is 2.87 bits per heavy atom. The molecule has 2 N–H and O–H groups in total. The van der Waals surface area contributed by atoms with Crippen LogP contribution in [0.3, 0.4) is 0 Å². The van der Waals surface area contributed by atoms with Gasteiger partial charge < -0.3 is 15.2 Å². The fraction of sp³-hybridized carbons (Fsp3) is 0.529. The molecule has 1 heterocycles. The summed E-state index contributed by atoms with van der Waals surface area (Å²) < 4.78 is 5.34. The van der Waals surface area contributed by atoms with Gasteiger partial charge in [0.05, 0.1) is 18.7 Å². The smallest absolute Gasteiger partial charge is 0.335 e. The van der Waals surface area contributed by atoms with Gasteiger partial charge in [-0.05, 0) is 49.6 Å². The van der Waals surface area contributed by atoms with E-state index in [0.717, 1.165) is 37.3 Å². The van der Waals surface area contributed by atoms with Crippen molar-refractivity contribution < 1.29 is 19.4 Å². The molecule has 0 radical (unpaired) electrons. The summed E-state index contributed by atoms with van der Waals surface area (Å²) in [6, 6.07) is 4.94. The molecule has 0 aliphatic carbocycles. The molecule has 6 heteroatoms. The number of carbonyl (C=O) groups is 2. The molecule has 1 aliphatic rings. The van der Waals surface area contributed by atoms with Crippen molar-refractivity contribution in [2.45, 2.75) is 19.9 Å². The molecule has 6 nitrogen and oxygen atoms in total. The first-order valence-electron chi connectivity index (χ1n) is 7.81. The first-order valence-corrected chi connectivity index (χ1v) is 7.81. The minimum Gasteiger partial charge on any atom is -0.478 e. The fourth-order valence-corrected chi connectivity index (χ4v) is 2.72. The molecule has 1 fully saturated rings. The maximum Gasteiger partial charge on any atom is 0.335 e. The second kappa shape index (κ2) is 8.08. The number of carboxylic acids is 1. The Labute approximate surface area is 136 Å². The quantitative estimate of drug-likeness (QED) is 0.791. The SMILES string of the molecule is Cc1ccc(C(=O)O)cc1CNC(=O)CN(C)C[C@H]1CCOC1. The number of likely N-dealkylation sites (N-methyl/N-ethyl adjacent to an activating group) is 1. The average Bonchev–Trinajstić information content (AvgIpc) is 2.98. The van der Waals surface area contributed by atoms with Crippen LogP contribution < -0.4 is 5.32 Å². The highest BCUT2D eigenvalue weighted by molar-refractivity contribution is 5.88. The second-order valence-electron chi connectivity index (χ2n) is 6.15. The van der Waals surface area contributed by atoms with Crippen molar-refractivity contribution in [1.29, 1.82) is 0 Å². The summed E-state index contributed by atoms with van der Waals surface area (Å²) in [5.41, 5.74) is 2.02. The lowest BCUT2D eigenvalue weighted by atomic mass is 10.0. The highest BCUT2D eigenvalue weighted by Crippen LogP contribution is 2.13. The zero-order chi connectivity index (χ0) is 16.8. The van der Waals surface area contributed by atoms with Gasteiger partial charge >= 0.3 is 5.97 Å². The third-order valence-electron chi connectivity index (χ3n) is 4.08. The Hall–Kier alpha value is -1.92. The van der Waals surface area contributed by atoms with E-state index in [1.807, 2.05) is 18.9 Å². The number of benzene rings is 1. The normalized spacial score (nSPS) is 17.4. The van der Waals surface area contributed by atoms with E-state index >= 15 is 0 Å². The van der Waals surface area contributed by atoms with Crippen LogP contribution in [0.4, 0.5) is 0 Å². The number of amides is 1. The average molecular weight is 320 g/mol. The van der Waals surface area contributed by atoms with Crippen molar-refractivity contribution in [3.05, 3.63) is 34.9 Å². The highest BCUT2D eigenvalue weighted by Gasteiger charge is 2.18. The van der Waals surface area contributed by atoms with Gasteiger partial charge in [-0.1, -0.05) is 6.07 Å². The van der Waals surface area contributed by atoms with Crippen LogP contribution in [0.25, 0.3) is 0 Å². The monoisotopic (exact) mass is 320 g/mol. The van der Waals surface area contributed by atoms with Crippen LogP contribution in [0.2, 0.25) is 0 Å². The number of carboxylic acid groups (broad SMARTS) is 1. The van der Waals surface area contributed by atoms with Crippen molar-refractivity contribution in [2.75, 3.05) is 33.4 Å². The first kappa shape index (κ1) is 17.4. The molecule has 0 bridgehead atoms. The van der Waals surface area contributed by atoms with Crippen molar-refractivity contribution in [1.82, 2.24) is 10.2 Å². The number of rotatable bonds is 7. The van der Waals surface area contributed by atoms with Gasteiger partial charge in [0.25, 0.3) is 0 Å². The number of aryl methyl sites for hydroxylation is 1. The minimum atomic E-state index is -0.962. The number of aromatic carboxylic acids is 1. The van der Waals surface area contributed by atoms with E-state index in [9.17, 15) is 9.59 Å². The summed E-state index contributed by atoms with van der Waals surface area (Å²) in [6.07, 6.45) is 1.05. The van der Waals surface area contributed by atoms with Gasteiger partial charge in [0.1, 0.15) is 0 Å². The Bertz CT molecular complexity index is 568. The van der Waals surface area contributed by atoms with Crippen molar-refractivity contribution in [3.8, 4) is 0 Å². The van der Waals surface area contributed by atoms with Crippen LogP contribution in [0.5, 0.6) is 0 Å². The number of nitrogens with one attached hydrogen (secondary N) is 1. The molecule has 1 saturated heterocycles. The summed E-state index contributed by atoms with van der Waals surface area (Å²) in [4.78, 5) is 25.0. The van der Waals surface area contributed by atoms with Gasteiger partial charge in [0.15, 0.2) is 0 Å². The van der Waals surface area contributed by atoms with Gasteiger partial charge in [0, 0.05) is 19.7 Å². The van der Waals surface area contributed by atoms with Crippen LogP contribution in [-0.2, 0) is 16.1 Å². The summed E-state index contributed by atoms with van der Waals surface area (Å²) in [6.45, 7) is 5.00. The lowest BCUT2D eigenvalue weighted by Gasteiger charge is -2.19. The summed E-state index contributed by atoms with van der Waals surface area (Å²) >= 11 is 0. The van der Waals surface area contributed by atoms with Gasteiger partial charge in [-0.3, -0.25) is 9.69 Å². The predicted octanol–water partition coefficient (Wildman–Crippen LogP) is 1.28. The van der Waals surface area contributed by atoms with E-state index in [2.05, 4.69) is 5.32 Å². The number of carbonyl (C=O) groups excluding carboxylic acids is 1. The second-order valence-corrected chi connectivity index (χ2v) is 6.15. The summed E-state index contributed by atoms with van der Waals surface area (Å²) in [7, 11) is 1.92. The van der Waals surface area contributed by atoms with E-state index in [4.69, 9.17) is 9.84 Å². The third kappa shape index (κ3) is 5.33. The lowest BCUT2D eigenvalue weighted by Crippen LogP contribution is -2.37. The van der Waals surface area contributed by atoms with Crippen LogP contribution in [0.1, 0.15) is 27.9 Å². The fourth-order valence-electron chi connectivity index (χ4n) is 2.72. The zero-order valence-corrected chi connectivity index (χ0v) is 13.7. The molecule has 0 unspecified atom stereocenters. The molecule has 2 rings (SSSR count). The zero-order valence-electron chi connectivity index (χ0n) is 13.7. The van der Waals surface area contributed by atoms with Crippen molar-refractivity contribution in [3.63, 3.8) is 0 Å². The molecular weight excluding hydrogens is 296 g/mol. The van der Waals surface area contributed by atoms with Gasteiger partial charge in [-0.2, -0.15) is 0 Å². The topological polar surface area (TPSA) is 78.9 Å². The molecule has 1 aromatic carbocycles. The molecule has 0 saturated carbocycles. The largest absolute Gasteiger partial charge is 0.478 e. The summed E-state index contributed by atoms with van der Waals surface area (Å²) in [5, 5.41) is 11.9. The maximum atomic E-state index is 12.0. The van der Waals surface area contributed by atoms with Crippen LogP contribution in [-0.4, -0.2) is 55.2 Å². The van der Waals surface area contributed by atoms with E-state index in [-0.39, 0.29) is 11.5 Å². The predicted molar refractivity (Wildman–Crippen MR) is 86.4 cm³/mol. The molecule has 0 spiro atoms. The molecule has 0 aromatic heterocycles. The highest BCUT2D eigenvalue weighted by atomic mass is 16.5. The molecule has 1 atom stereocenters. The minimum absolute atomic E-state index is 0.0634. The van der Waals surface area contributed by atoms with Gasteiger partial charge in [0.2, 0.25) is 5.91 Å². The van der Waals surface area contributed by atoms with Crippen LogP contribution in [0.15, 0.2) is 18.2 Å². The Balaban J connectivity index is 1.81. The van der Waals surface area contributed by atoms with Gasteiger partial charge in [-0.25, -0.2) is 4.79 Å². The number of ether oxygens (including phenoxy) is 1. The van der Waals surface area contributed by atoms with Crippen LogP contribution >= 0.6 is 0 Å². The van der Waals surface area contributed by atoms with Crippen molar-refractivity contribution in [2.24, 2.45) is 5.92 Å². The Morgan fingerprint density at radius 1 is 1.43 bits per heavy atom.